The SMILES string of the molecule is Cc1ccc2c(c1)[C@@H](C)Oc1nc(cnc1N)-c1c(nn(C)c1C#N)CCC1(CC1)O2. The number of nitriles is 1. The van der Waals surface area contributed by atoms with Crippen molar-refractivity contribution in [3.8, 4) is 29.0 Å². The van der Waals surface area contributed by atoms with Crippen molar-refractivity contribution in [3.63, 3.8) is 0 Å². The van der Waals surface area contributed by atoms with Crippen molar-refractivity contribution in [1.29, 1.82) is 5.26 Å². The number of fused-ring (bicyclic) bond motifs is 5. The molecule has 3 aromatic rings. The maximum Gasteiger partial charge on any atom is 0.258 e. The molecule has 2 bridgehead atoms. The van der Waals surface area contributed by atoms with Crippen molar-refractivity contribution in [1.82, 2.24) is 19.7 Å². The summed E-state index contributed by atoms with van der Waals surface area (Å²) in [7, 11) is 1.76. The maximum atomic E-state index is 9.74. The van der Waals surface area contributed by atoms with Gasteiger partial charge in [-0.05, 0) is 51.7 Å². The molecule has 0 unspecified atom stereocenters. The molecule has 1 atom stereocenters. The van der Waals surface area contributed by atoms with E-state index in [1.807, 2.05) is 26.0 Å². The summed E-state index contributed by atoms with van der Waals surface area (Å²) in [6.45, 7) is 3.99. The van der Waals surface area contributed by atoms with Crippen LogP contribution in [0.25, 0.3) is 11.3 Å². The first kappa shape index (κ1) is 19.4. The standard InChI is InChI=1S/C23H24N6O2/c1-13-4-5-19-15(10-13)14(2)30-22-21(25)26-12-17(27-22)20-16(28-29(3)18(20)11-24)6-7-23(31-19)8-9-23/h4-5,10,12,14H,6-9H2,1-3H3,(H2,25,26)/t14-/m1/s1. The zero-order chi connectivity index (χ0) is 21.8. The van der Waals surface area contributed by atoms with Crippen molar-refractivity contribution >= 4 is 5.82 Å². The van der Waals surface area contributed by atoms with Crippen LogP contribution in [-0.2, 0) is 13.5 Å². The molecule has 3 heterocycles. The van der Waals surface area contributed by atoms with Crippen LogP contribution in [0.1, 0.15) is 54.8 Å². The third-order valence-electron chi connectivity index (χ3n) is 6.09. The number of ether oxygens (including phenoxy) is 2. The molecule has 1 fully saturated rings. The van der Waals surface area contributed by atoms with Gasteiger partial charge in [0.1, 0.15) is 29.2 Å². The third-order valence-corrected chi connectivity index (χ3v) is 6.09. The van der Waals surface area contributed by atoms with Gasteiger partial charge in [-0.3, -0.25) is 4.68 Å². The van der Waals surface area contributed by atoms with Crippen LogP contribution in [0.15, 0.2) is 24.4 Å². The van der Waals surface area contributed by atoms with Crippen molar-refractivity contribution in [3.05, 3.63) is 46.9 Å². The molecule has 2 aliphatic rings. The van der Waals surface area contributed by atoms with E-state index in [9.17, 15) is 5.26 Å². The Labute approximate surface area is 180 Å². The summed E-state index contributed by atoms with van der Waals surface area (Å²) in [6, 6.07) is 8.38. The van der Waals surface area contributed by atoms with Gasteiger partial charge in [0.05, 0.1) is 23.1 Å². The maximum absolute atomic E-state index is 9.74. The lowest BCUT2D eigenvalue weighted by Crippen LogP contribution is -2.21. The predicted molar refractivity (Wildman–Crippen MR) is 114 cm³/mol. The Morgan fingerprint density at radius 2 is 2.10 bits per heavy atom. The molecule has 2 N–H and O–H groups in total. The largest absolute Gasteiger partial charge is 0.487 e. The fourth-order valence-corrected chi connectivity index (χ4v) is 4.17. The van der Waals surface area contributed by atoms with E-state index < -0.39 is 0 Å². The zero-order valence-electron chi connectivity index (χ0n) is 17.8. The lowest BCUT2D eigenvalue weighted by Gasteiger charge is -2.23. The molecular weight excluding hydrogens is 392 g/mol. The van der Waals surface area contributed by atoms with E-state index in [4.69, 9.17) is 15.2 Å². The number of hydrogen-bond donors (Lipinski definition) is 1. The fourth-order valence-electron chi connectivity index (χ4n) is 4.17. The van der Waals surface area contributed by atoms with Gasteiger partial charge < -0.3 is 15.2 Å². The highest BCUT2D eigenvalue weighted by Gasteiger charge is 2.46. The Morgan fingerprint density at radius 3 is 2.84 bits per heavy atom. The second-order valence-corrected chi connectivity index (χ2v) is 8.44. The molecule has 1 saturated carbocycles. The fraction of sp³-hybridized carbons (Fsp3) is 0.391. The van der Waals surface area contributed by atoms with Crippen LogP contribution < -0.4 is 15.2 Å². The Balaban J connectivity index is 1.68. The highest BCUT2D eigenvalue weighted by molar-refractivity contribution is 5.69. The zero-order valence-corrected chi connectivity index (χ0v) is 17.8. The molecule has 1 spiro atoms. The molecule has 8 heteroatoms. The van der Waals surface area contributed by atoms with E-state index in [-0.39, 0.29) is 23.4 Å². The van der Waals surface area contributed by atoms with Gasteiger partial charge in [-0.15, -0.1) is 0 Å². The lowest BCUT2D eigenvalue weighted by atomic mass is 10.0. The molecule has 1 aliphatic heterocycles. The normalized spacial score (nSPS) is 18.8. The Morgan fingerprint density at radius 1 is 1.29 bits per heavy atom. The minimum Gasteiger partial charge on any atom is -0.487 e. The van der Waals surface area contributed by atoms with E-state index in [1.54, 1.807) is 17.9 Å². The molecule has 31 heavy (non-hydrogen) atoms. The van der Waals surface area contributed by atoms with E-state index in [0.717, 1.165) is 41.8 Å². The quantitative estimate of drug-likeness (QED) is 0.595. The van der Waals surface area contributed by atoms with Crippen LogP contribution in [0.4, 0.5) is 5.82 Å². The van der Waals surface area contributed by atoms with Gasteiger partial charge in [0, 0.05) is 12.6 Å². The topological polar surface area (TPSA) is 112 Å². The minimum atomic E-state index is -0.345. The number of rotatable bonds is 0. The highest BCUT2D eigenvalue weighted by Crippen LogP contribution is 2.46. The number of aryl methyl sites for hydroxylation is 3. The van der Waals surface area contributed by atoms with Gasteiger partial charge in [-0.1, -0.05) is 11.6 Å². The first-order chi connectivity index (χ1) is 14.9. The average Bonchev–Trinajstić information content (AvgIpc) is 3.43. The lowest BCUT2D eigenvalue weighted by molar-refractivity contribution is 0.155. The van der Waals surface area contributed by atoms with Crippen LogP contribution in [0.3, 0.4) is 0 Å². The van der Waals surface area contributed by atoms with E-state index in [2.05, 4.69) is 27.2 Å². The Bertz CT molecular complexity index is 1220. The van der Waals surface area contributed by atoms with Crippen LogP contribution in [0, 0.1) is 18.3 Å². The molecule has 0 radical (unpaired) electrons. The highest BCUT2D eigenvalue weighted by atomic mass is 16.5. The summed E-state index contributed by atoms with van der Waals surface area (Å²) in [4.78, 5) is 8.94. The van der Waals surface area contributed by atoms with Crippen molar-refractivity contribution in [2.75, 3.05) is 5.73 Å². The molecule has 158 valence electrons. The molecular formula is C23H24N6O2. The second-order valence-electron chi connectivity index (χ2n) is 8.44. The van der Waals surface area contributed by atoms with Crippen molar-refractivity contribution in [2.45, 2.75) is 51.2 Å². The Hall–Kier alpha value is -3.60. The molecule has 0 saturated heterocycles. The number of nitrogens with two attached hydrogens (primary N) is 1. The Kier molecular flexibility index (Phi) is 4.36. The molecule has 1 aromatic carbocycles. The van der Waals surface area contributed by atoms with Gasteiger partial charge in [0.2, 0.25) is 0 Å². The smallest absolute Gasteiger partial charge is 0.258 e. The first-order valence-electron chi connectivity index (χ1n) is 10.4. The van der Waals surface area contributed by atoms with Gasteiger partial charge in [-0.25, -0.2) is 9.97 Å². The van der Waals surface area contributed by atoms with Crippen molar-refractivity contribution in [2.24, 2.45) is 7.05 Å². The number of anilines is 1. The molecule has 1 aliphatic carbocycles. The molecule has 8 nitrogen and oxygen atoms in total. The van der Waals surface area contributed by atoms with E-state index in [1.165, 1.54) is 0 Å². The predicted octanol–water partition coefficient (Wildman–Crippen LogP) is 3.64. The van der Waals surface area contributed by atoms with Crippen LogP contribution >= 0.6 is 0 Å². The minimum absolute atomic E-state index is 0.197. The third kappa shape index (κ3) is 3.36. The van der Waals surface area contributed by atoms with Gasteiger partial charge in [-0.2, -0.15) is 10.4 Å². The molecule has 2 aromatic heterocycles. The monoisotopic (exact) mass is 416 g/mol. The average molecular weight is 416 g/mol. The number of hydrogen-bond acceptors (Lipinski definition) is 7. The van der Waals surface area contributed by atoms with Gasteiger partial charge in [0.15, 0.2) is 5.82 Å². The van der Waals surface area contributed by atoms with Crippen LogP contribution in [0.5, 0.6) is 11.6 Å². The molecule has 0 amide bonds. The van der Waals surface area contributed by atoms with Crippen LogP contribution in [-0.4, -0.2) is 25.3 Å². The summed E-state index contributed by atoms with van der Waals surface area (Å²) in [6.07, 6.45) is 4.69. The summed E-state index contributed by atoms with van der Waals surface area (Å²) in [5.41, 5.74) is 10.4. The number of aromatic nitrogens is 4. The summed E-state index contributed by atoms with van der Waals surface area (Å²) < 4.78 is 14.3. The first-order valence-corrected chi connectivity index (χ1v) is 10.4. The summed E-state index contributed by atoms with van der Waals surface area (Å²) in [5.74, 6) is 1.25. The van der Waals surface area contributed by atoms with E-state index in [0.29, 0.717) is 23.4 Å². The van der Waals surface area contributed by atoms with Crippen LogP contribution in [0.2, 0.25) is 0 Å². The van der Waals surface area contributed by atoms with E-state index >= 15 is 0 Å². The number of nitrogen functional groups attached to an aromatic ring is 1. The van der Waals surface area contributed by atoms with Crippen molar-refractivity contribution < 1.29 is 9.47 Å². The second kappa shape index (κ2) is 6.98. The molecule has 5 rings (SSSR count). The number of benzene rings is 1. The summed E-state index contributed by atoms with van der Waals surface area (Å²) in [5, 5.41) is 14.4. The van der Waals surface area contributed by atoms with Gasteiger partial charge in [0.25, 0.3) is 5.88 Å². The number of nitrogens with zero attached hydrogens (tertiary/aromatic N) is 5. The van der Waals surface area contributed by atoms with Gasteiger partial charge >= 0.3 is 0 Å². The summed E-state index contributed by atoms with van der Waals surface area (Å²) >= 11 is 0.